The maximum absolute atomic E-state index is 11.5. The van der Waals surface area contributed by atoms with Crippen LogP contribution in [0.2, 0.25) is 0 Å². The molecule has 1 aromatic carbocycles. The van der Waals surface area contributed by atoms with Crippen molar-refractivity contribution in [2.45, 2.75) is 39.3 Å². The first-order chi connectivity index (χ1) is 11.6. The fraction of sp³-hybridized carbons (Fsp3) is 0.474. The van der Waals surface area contributed by atoms with Gasteiger partial charge in [0.05, 0.1) is 11.9 Å². The van der Waals surface area contributed by atoms with Crippen LogP contribution in [0.15, 0.2) is 30.6 Å². The lowest BCUT2D eigenvalue weighted by Gasteiger charge is -2.33. The number of nitrogens with one attached hydrogen (secondary N) is 1. The summed E-state index contributed by atoms with van der Waals surface area (Å²) in [5, 5.41) is 7.62. The van der Waals surface area contributed by atoms with Gasteiger partial charge in [-0.25, -0.2) is 4.68 Å². The molecule has 1 aromatic heterocycles. The van der Waals surface area contributed by atoms with Gasteiger partial charge >= 0.3 is 0 Å². The fourth-order valence-electron chi connectivity index (χ4n) is 3.86. The molecule has 2 aliphatic heterocycles. The molecule has 2 aromatic rings. The largest absolute Gasteiger partial charge is 0.353 e. The molecule has 1 N–H and O–H groups in total. The minimum absolute atomic E-state index is 0.217. The topological polar surface area (TPSA) is 50.2 Å². The van der Waals surface area contributed by atoms with Crippen molar-refractivity contribution < 1.29 is 4.79 Å². The number of amides is 1. The SMILES string of the molecule is Cc1ccc(-n2cc(CN3CC[C@@H]4NC(=O)C[C@@H]4C3)cn2)cc1C. The highest BCUT2D eigenvalue weighted by molar-refractivity contribution is 5.79. The van der Waals surface area contributed by atoms with Gasteiger partial charge in [0.25, 0.3) is 0 Å². The van der Waals surface area contributed by atoms with Crippen LogP contribution in [0.3, 0.4) is 0 Å². The van der Waals surface area contributed by atoms with Crippen LogP contribution in [-0.2, 0) is 11.3 Å². The molecule has 3 heterocycles. The summed E-state index contributed by atoms with van der Waals surface area (Å²) in [6.45, 7) is 7.20. The zero-order valence-electron chi connectivity index (χ0n) is 14.3. The quantitative estimate of drug-likeness (QED) is 0.942. The summed E-state index contributed by atoms with van der Waals surface area (Å²) in [4.78, 5) is 14.0. The van der Waals surface area contributed by atoms with Crippen LogP contribution in [0.25, 0.3) is 5.69 Å². The molecular weight excluding hydrogens is 300 g/mol. The third-order valence-electron chi connectivity index (χ3n) is 5.41. The molecule has 0 radical (unpaired) electrons. The fourth-order valence-corrected chi connectivity index (χ4v) is 3.86. The van der Waals surface area contributed by atoms with E-state index in [1.54, 1.807) is 0 Å². The van der Waals surface area contributed by atoms with Crippen molar-refractivity contribution in [3.8, 4) is 5.69 Å². The number of benzene rings is 1. The maximum Gasteiger partial charge on any atom is 0.220 e. The Morgan fingerprint density at radius 3 is 3.00 bits per heavy atom. The van der Waals surface area contributed by atoms with Gasteiger partial charge in [-0.15, -0.1) is 0 Å². The smallest absolute Gasteiger partial charge is 0.220 e. The van der Waals surface area contributed by atoms with E-state index in [9.17, 15) is 4.79 Å². The summed E-state index contributed by atoms with van der Waals surface area (Å²) in [6.07, 6.45) is 5.82. The van der Waals surface area contributed by atoms with Crippen molar-refractivity contribution in [3.63, 3.8) is 0 Å². The molecule has 5 heteroatoms. The second-order valence-electron chi connectivity index (χ2n) is 7.22. The van der Waals surface area contributed by atoms with E-state index in [2.05, 4.69) is 53.6 Å². The molecule has 2 saturated heterocycles. The van der Waals surface area contributed by atoms with Gasteiger partial charge in [0.2, 0.25) is 5.91 Å². The van der Waals surface area contributed by atoms with Crippen molar-refractivity contribution in [1.82, 2.24) is 20.0 Å². The Morgan fingerprint density at radius 1 is 1.29 bits per heavy atom. The molecular formula is C19H24N4O. The van der Waals surface area contributed by atoms with Gasteiger partial charge < -0.3 is 5.32 Å². The van der Waals surface area contributed by atoms with Gasteiger partial charge in [-0.05, 0) is 43.5 Å². The van der Waals surface area contributed by atoms with E-state index in [-0.39, 0.29) is 5.91 Å². The first-order valence-electron chi connectivity index (χ1n) is 8.71. The molecule has 0 aliphatic carbocycles. The number of piperidine rings is 1. The number of carbonyl (C=O) groups is 1. The lowest BCUT2D eigenvalue weighted by atomic mass is 9.93. The summed E-state index contributed by atoms with van der Waals surface area (Å²) < 4.78 is 1.95. The number of hydrogen-bond acceptors (Lipinski definition) is 3. The Hall–Kier alpha value is -2.14. The van der Waals surface area contributed by atoms with Crippen LogP contribution < -0.4 is 5.32 Å². The van der Waals surface area contributed by atoms with E-state index >= 15 is 0 Å². The predicted octanol–water partition coefficient (Wildman–Crippen LogP) is 2.20. The minimum atomic E-state index is 0.217. The van der Waals surface area contributed by atoms with Crippen molar-refractivity contribution in [2.75, 3.05) is 13.1 Å². The Bertz CT molecular complexity index is 766. The number of fused-ring (bicyclic) bond motifs is 1. The number of likely N-dealkylation sites (tertiary alicyclic amines) is 1. The monoisotopic (exact) mass is 324 g/mol. The average Bonchev–Trinajstić information content (AvgIpc) is 3.15. The maximum atomic E-state index is 11.5. The molecule has 0 saturated carbocycles. The third-order valence-corrected chi connectivity index (χ3v) is 5.41. The molecule has 24 heavy (non-hydrogen) atoms. The second-order valence-corrected chi connectivity index (χ2v) is 7.22. The van der Waals surface area contributed by atoms with E-state index in [4.69, 9.17) is 0 Å². The molecule has 0 spiro atoms. The zero-order chi connectivity index (χ0) is 16.7. The lowest BCUT2D eigenvalue weighted by Crippen LogP contribution is -2.44. The molecule has 0 bridgehead atoms. The van der Waals surface area contributed by atoms with Crippen LogP contribution in [-0.4, -0.2) is 39.7 Å². The van der Waals surface area contributed by atoms with Crippen molar-refractivity contribution in [3.05, 3.63) is 47.3 Å². The number of hydrogen-bond donors (Lipinski definition) is 1. The van der Waals surface area contributed by atoms with Crippen molar-refractivity contribution in [2.24, 2.45) is 5.92 Å². The number of carbonyl (C=O) groups excluding carboxylic acids is 1. The second kappa shape index (κ2) is 6.06. The Morgan fingerprint density at radius 2 is 2.17 bits per heavy atom. The normalized spacial score (nSPS) is 24.0. The van der Waals surface area contributed by atoms with E-state index < -0.39 is 0 Å². The predicted molar refractivity (Wildman–Crippen MR) is 93.0 cm³/mol. The minimum Gasteiger partial charge on any atom is -0.353 e. The Kier molecular flexibility index (Phi) is 3.88. The van der Waals surface area contributed by atoms with Crippen LogP contribution >= 0.6 is 0 Å². The number of nitrogens with zero attached hydrogens (tertiary/aromatic N) is 3. The molecule has 2 fully saturated rings. The molecule has 2 atom stereocenters. The van der Waals surface area contributed by atoms with Crippen LogP contribution in [0, 0.1) is 19.8 Å². The first-order valence-corrected chi connectivity index (χ1v) is 8.71. The number of aromatic nitrogens is 2. The lowest BCUT2D eigenvalue weighted by molar-refractivity contribution is -0.119. The van der Waals surface area contributed by atoms with Crippen LogP contribution in [0.5, 0.6) is 0 Å². The van der Waals surface area contributed by atoms with E-state index in [1.165, 1.54) is 16.7 Å². The molecule has 126 valence electrons. The average molecular weight is 324 g/mol. The van der Waals surface area contributed by atoms with E-state index in [0.717, 1.165) is 31.7 Å². The van der Waals surface area contributed by atoms with Gasteiger partial charge in [0, 0.05) is 49.8 Å². The van der Waals surface area contributed by atoms with Crippen molar-refractivity contribution >= 4 is 5.91 Å². The van der Waals surface area contributed by atoms with Gasteiger partial charge in [-0.3, -0.25) is 9.69 Å². The highest BCUT2D eigenvalue weighted by atomic mass is 16.2. The number of rotatable bonds is 3. The summed E-state index contributed by atoms with van der Waals surface area (Å²) in [5.74, 6) is 0.690. The van der Waals surface area contributed by atoms with Gasteiger partial charge in [-0.2, -0.15) is 5.10 Å². The summed E-state index contributed by atoms with van der Waals surface area (Å²) >= 11 is 0. The van der Waals surface area contributed by atoms with Crippen molar-refractivity contribution in [1.29, 1.82) is 0 Å². The molecule has 0 unspecified atom stereocenters. The summed E-state index contributed by atoms with van der Waals surface area (Å²) in [6, 6.07) is 6.82. The van der Waals surface area contributed by atoms with E-state index in [1.807, 2.05) is 10.9 Å². The molecule has 2 aliphatic rings. The van der Waals surface area contributed by atoms with Gasteiger partial charge in [-0.1, -0.05) is 6.07 Å². The summed E-state index contributed by atoms with van der Waals surface area (Å²) in [5.41, 5.74) is 4.91. The molecule has 5 nitrogen and oxygen atoms in total. The Balaban J connectivity index is 1.44. The van der Waals surface area contributed by atoms with E-state index in [0.29, 0.717) is 18.4 Å². The van der Waals surface area contributed by atoms with Crippen LogP contribution in [0.4, 0.5) is 0 Å². The van der Waals surface area contributed by atoms with Gasteiger partial charge in [0.15, 0.2) is 0 Å². The third kappa shape index (κ3) is 2.96. The highest BCUT2D eigenvalue weighted by Gasteiger charge is 2.36. The standard InChI is InChI=1S/C19H24N4O/c1-13-3-4-17(7-14(13)2)23-11-15(9-20-23)10-22-6-5-18-16(12-22)8-19(24)21-18/h3-4,7,9,11,16,18H,5-6,8,10,12H2,1-2H3,(H,21,24)/t16-,18+/m1/s1. The van der Waals surface area contributed by atoms with Crippen LogP contribution in [0.1, 0.15) is 29.5 Å². The number of aryl methyl sites for hydroxylation is 2. The zero-order valence-corrected chi connectivity index (χ0v) is 14.3. The molecule has 4 rings (SSSR count). The summed E-state index contributed by atoms with van der Waals surface area (Å²) in [7, 11) is 0. The highest BCUT2D eigenvalue weighted by Crippen LogP contribution is 2.26. The van der Waals surface area contributed by atoms with Gasteiger partial charge in [0.1, 0.15) is 0 Å². The Labute approximate surface area is 142 Å². The first kappa shape index (κ1) is 15.4. The molecule has 1 amide bonds.